The van der Waals surface area contributed by atoms with Crippen molar-refractivity contribution in [1.82, 2.24) is 0 Å². The zero-order valence-corrected chi connectivity index (χ0v) is 11.1. The number of hydrogen-bond acceptors (Lipinski definition) is 3. The van der Waals surface area contributed by atoms with E-state index in [-0.39, 0.29) is 6.10 Å². The first-order valence-corrected chi connectivity index (χ1v) is 6.95. The molecule has 3 heteroatoms. The molecule has 0 aromatic heterocycles. The first-order chi connectivity index (χ1) is 8.79. The van der Waals surface area contributed by atoms with Crippen molar-refractivity contribution in [2.45, 2.75) is 38.7 Å². The second-order valence-electron chi connectivity index (χ2n) is 4.91. The molecule has 0 aliphatic carbocycles. The fourth-order valence-electron chi connectivity index (χ4n) is 2.21. The number of unbranched alkanes of at least 4 members (excludes halogenated alkanes) is 1. The Morgan fingerprint density at radius 1 is 1.22 bits per heavy atom. The molecule has 1 saturated heterocycles. The molecule has 2 rings (SSSR count). The number of benzene rings is 1. The molecule has 1 aromatic rings. The van der Waals surface area contributed by atoms with Crippen LogP contribution in [0, 0.1) is 0 Å². The van der Waals surface area contributed by atoms with E-state index in [0.29, 0.717) is 0 Å². The quantitative estimate of drug-likeness (QED) is 0.814. The highest BCUT2D eigenvalue weighted by atomic mass is 16.5. The molecule has 0 bridgehead atoms. The molecule has 100 valence electrons. The minimum absolute atomic E-state index is 0.113. The van der Waals surface area contributed by atoms with E-state index in [9.17, 15) is 5.11 Å². The molecule has 1 aliphatic heterocycles. The zero-order chi connectivity index (χ0) is 12.8. The van der Waals surface area contributed by atoms with Gasteiger partial charge in [-0.05, 0) is 43.5 Å². The molecule has 1 N–H and O–H groups in total. The van der Waals surface area contributed by atoms with Gasteiger partial charge in [-0.3, -0.25) is 0 Å². The Morgan fingerprint density at radius 2 is 1.89 bits per heavy atom. The summed E-state index contributed by atoms with van der Waals surface area (Å²) in [7, 11) is 0. The van der Waals surface area contributed by atoms with Crippen molar-refractivity contribution >= 4 is 5.69 Å². The average Bonchev–Trinajstić information content (AvgIpc) is 2.41. The van der Waals surface area contributed by atoms with E-state index in [2.05, 4.69) is 24.0 Å². The molecule has 18 heavy (non-hydrogen) atoms. The van der Waals surface area contributed by atoms with Crippen molar-refractivity contribution in [3.63, 3.8) is 0 Å². The van der Waals surface area contributed by atoms with Crippen molar-refractivity contribution in [3.8, 4) is 5.75 Å². The number of nitrogens with zero attached hydrogens (tertiary/aromatic N) is 1. The van der Waals surface area contributed by atoms with Gasteiger partial charge in [-0.2, -0.15) is 0 Å². The lowest BCUT2D eigenvalue weighted by Crippen LogP contribution is -2.35. The number of anilines is 1. The van der Waals surface area contributed by atoms with Crippen LogP contribution in [0.1, 0.15) is 32.6 Å². The third-order valence-corrected chi connectivity index (χ3v) is 3.43. The van der Waals surface area contributed by atoms with E-state index < -0.39 is 0 Å². The predicted molar refractivity (Wildman–Crippen MR) is 74.3 cm³/mol. The predicted octanol–water partition coefficient (Wildman–Crippen LogP) is 2.83. The number of aliphatic hydroxyl groups excluding tert-OH is 1. The van der Waals surface area contributed by atoms with E-state index in [0.717, 1.165) is 51.1 Å². The van der Waals surface area contributed by atoms with Crippen LogP contribution in [0.3, 0.4) is 0 Å². The van der Waals surface area contributed by atoms with Crippen molar-refractivity contribution in [2.75, 3.05) is 24.6 Å². The van der Waals surface area contributed by atoms with Crippen LogP contribution in [-0.2, 0) is 0 Å². The van der Waals surface area contributed by atoms with Crippen LogP contribution in [0.4, 0.5) is 5.69 Å². The normalized spacial score (nSPS) is 16.9. The van der Waals surface area contributed by atoms with E-state index in [1.165, 1.54) is 5.69 Å². The van der Waals surface area contributed by atoms with E-state index in [4.69, 9.17) is 4.74 Å². The van der Waals surface area contributed by atoms with Crippen LogP contribution in [0.25, 0.3) is 0 Å². The molecule has 0 spiro atoms. The molecular formula is C15H23NO2. The van der Waals surface area contributed by atoms with Gasteiger partial charge in [0.25, 0.3) is 0 Å². The molecule has 0 amide bonds. The first kappa shape index (κ1) is 13.2. The lowest BCUT2D eigenvalue weighted by Gasteiger charge is -2.31. The van der Waals surface area contributed by atoms with Gasteiger partial charge in [0.1, 0.15) is 5.75 Å². The number of rotatable bonds is 5. The summed E-state index contributed by atoms with van der Waals surface area (Å²) in [6, 6.07) is 8.30. The molecular weight excluding hydrogens is 226 g/mol. The Balaban J connectivity index is 1.87. The summed E-state index contributed by atoms with van der Waals surface area (Å²) in [4.78, 5) is 2.32. The second kappa shape index (κ2) is 6.64. The highest BCUT2D eigenvalue weighted by molar-refractivity contribution is 5.49. The molecule has 0 saturated carbocycles. The fourth-order valence-corrected chi connectivity index (χ4v) is 2.21. The zero-order valence-electron chi connectivity index (χ0n) is 11.1. The van der Waals surface area contributed by atoms with Crippen LogP contribution in [-0.4, -0.2) is 30.9 Å². The largest absolute Gasteiger partial charge is 0.494 e. The molecule has 0 unspecified atom stereocenters. The van der Waals surface area contributed by atoms with E-state index >= 15 is 0 Å². The lowest BCUT2D eigenvalue weighted by molar-refractivity contribution is 0.145. The van der Waals surface area contributed by atoms with Gasteiger partial charge in [0.05, 0.1) is 12.7 Å². The molecule has 0 atom stereocenters. The van der Waals surface area contributed by atoms with Gasteiger partial charge < -0.3 is 14.7 Å². The van der Waals surface area contributed by atoms with Gasteiger partial charge in [0.2, 0.25) is 0 Å². The SMILES string of the molecule is CCCCOc1ccc(N2CCC(O)CC2)cc1. The number of hydrogen-bond donors (Lipinski definition) is 1. The summed E-state index contributed by atoms with van der Waals surface area (Å²) < 4.78 is 5.65. The maximum Gasteiger partial charge on any atom is 0.119 e. The highest BCUT2D eigenvalue weighted by Gasteiger charge is 2.16. The van der Waals surface area contributed by atoms with Gasteiger partial charge in [0, 0.05) is 18.8 Å². The molecule has 0 radical (unpaired) electrons. The smallest absolute Gasteiger partial charge is 0.119 e. The minimum atomic E-state index is -0.113. The molecule has 1 heterocycles. The second-order valence-corrected chi connectivity index (χ2v) is 4.91. The van der Waals surface area contributed by atoms with Crippen LogP contribution in [0.2, 0.25) is 0 Å². The van der Waals surface area contributed by atoms with E-state index in [1.54, 1.807) is 0 Å². The van der Waals surface area contributed by atoms with Gasteiger partial charge in [-0.1, -0.05) is 13.3 Å². The lowest BCUT2D eigenvalue weighted by atomic mass is 10.1. The summed E-state index contributed by atoms with van der Waals surface area (Å²) >= 11 is 0. The van der Waals surface area contributed by atoms with E-state index in [1.807, 2.05) is 12.1 Å². The van der Waals surface area contributed by atoms with Crippen molar-refractivity contribution in [1.29, 1.82) is 0 Å². The van der Waals surface area contributed by atoms with Crippen molar-refractivity contribution in [3.05, 3.63) is 24.3 Å². The van der Waals surface area contributed by atoms with Crippen molar-refractivity contribution in [2.24, 2.45) is 0 Å². The Bertz CT molecular complexity index is 342. The Morgan fingerprint density at radius 3 is 2.50 bits per heavy atom. The molecule has 1 fully saturated rings. The number of ether oxygens (including phenoxy) is 1. The fraction of sp³-hybridized carbons (Fsp3) is 0.600. The summed E-state index contributed by atoms with van der Waals surface area (Å²) in [5, 5.41) is 9.49. The third kappa shape index (κ3) is 3.64. The standard InChI is InChI=1S/C15H23NO2/c1-2-3-12-18-15-6-4-13(5-7-15)16-10-8-14(17)9-11-16/h4-7,14,17H,2-3,8-12H2,1H3. The third-order valence-electron chi connectivity index (χ3n) is 3.43. The Labute approximate surface area is 109 Å². The van der Waals surface area contributed by atoms with Gasteiger partial charge in [-0.15, -0.1) is 0 Å². The topological polar surface area (TPSA) is 32.7 Å². The van der Waals surface area contributed by atoms with Crippen LogP contribution < -0.4 is 9.64 Å². The minimum Gasteiger partial charge on any atom is -0.494 e. The van der Waals surface area contributed by atoms with Crippen LogP contribution in [0.15, 0.2) is 24.3 Å². The first-order valence-electron chi connectivity index (χ1n) is 6.95. The van der Waals surface area contributed by atoms with Crippen molar-refractivity contribution < 1.29 is 9.84 Å². The monoisotopic (exact) mass is 249 g/mol. The maximum absolute atomic E-state index is 9.49. The van der Waals surface area contributed by atoms with Crippen LogP contribution in [0.5, 0.6) is 5.75 Å². The summed E-state index contributed by atoms with van der Waals surface area (Å²) in [6.07, 6.45) is 3.89. The number of piperidine rings is 1. The average molecular weight is 249 g/mol. The Hall–Kier alpha value is -1.22. The highest BCUT2D eigenvalue weighted by Crippen LogP contribution is 2.23. The van der Waals surface area contributed by atoms with Gasteiger partial charge in [0.15, 0.2) is 0 Å². The summed E-state index contributed by atoms with van der Waals surface area (Å²) in [5.41, 5.74) is 1.23. The number of aliphatic hydroxyl groups is 1. The molecule has 3 nitrogen and oxygen atoms in total. The molecule has 1 aromatic carbocycles. The van der Waals surface area contributed by atoms with Gasteiger partial charge in [-0.25, -0.2) is 0 Å². The van der Waals surface area contributed by atoms with Gasteiger partial charge >= 0.3 is 0 Å². The maximum atomic E-state index is 9.49. The molecule has 1 aliphatic rings. The van der Waals surface area contributed by atoms with Crippen LogP contribution >= 0.6 is 0 Å². The summed E-state index contributed by atoms with van der Waals surface area (Å²) in [5.74, 6) is 0.948. The summed E-state index contributed by atoms with van der Waals surface area (Å²) in [6.45, 7) is 4.84. The Kier molecular flexibility index (Phi) is 4.88.